The van der Waals surface area contributed by atoms with Crippen LogP contribution in [0.3, 0.4) is 0 Å². The Morgan fingerprint density at radius 1 is 1.12 bits per heavy atom. The smallest absolute Gasteiger partial charge is 0.270 e. The van der Waals surface area contributed by atoms with Crippen molar-refractivity contribution in [2.24, 2.45) is 17.1 Å². The van der Waals surface area contributed by atoms with Gasteiger partial charge in [0.2, 0.25) is 23.6 Å². The molecule has 3 aliphatic rings. The maximum Gasteiger partial charge on any atom is 0.270 e. The summed E-state index contributed by atoms with van der Waals surface area (Å²) < 4.78 is 34.0. The van der Waals surface area contributed by atoms with Gasteiger partial charge in [-0.3, -0.25) is 14.4 Å². The van der Waals surface area contributed by atoms with Crippen molar-refractivity contribution in [1.82, 2.24) is 20.6 Å². The Kier molecular flexibility index (Phi) is 7.13. The van der Waals surface area contributed by atoms with E-state index in [2.05, 4.69) is 20.9 Å². The summed E-state index contributed by atoms with van der Waals surface area (Å²) in [5.74, 6) is -2.30. The summed E-state index contributed by atoms with van der Waals surface area (Å²) in [5.41, 5.74) is 5.68. The maximum absolute atomic E-state index is 15.1. The van der Waals surface area contributed by atoms with Crippen LogP contribution in [0, 0.1) is 17.2 Å². The highest BCUT2D eigenvalue weighted by Crippen LogP contribution is 2.59. The van der Waals surface area contributed by atoms with E-state index in [1.807, 2.05) is 26.8 Å². The highest BCUT2D eigenvalue weighted by Gasteiger charge is 2.61. The van der Waals surface area contributed by atoms with Crippen LogP contribution in [0.4, 0.5) is 10.1 Å². The highest BCUT2D eigenvalue weighted by atomic mass is 19.1. The first kappa shape index (κ1) is 31.4. The number of amides is 3. The molecule has 2 aromatic heterocycles. The summed E-state index contributed by atoms with van der Waals surface area (Å²) in [7, 11) is 0. The molecule has 0 fully saturated rings. The van der Waals surface area contributed by atoms with E-state index in [0.717, 1.165) is 6.26 Å². The van der Waals surface area contributed by atoms with Gasteiger partial charge >= 0.3 is 0 Å². The molecule has 5 unspecified atom stereocenters. The van der Waals surface area contributed by atoms with Gasteiger partial charge in [-0.05, 0) is 41.2 Å². The molecule has 0 saturated carbocycles. The van der Waals surface area contributed by atoms with E-state index in [0.29, 0.717) is 28.1 Å². The topological polar surface area (TPSA) is 195 Å². The molecule has 0 radical (unpaired) electrons. The van der Waals surface area contributed by atoms with Crippen LogP contribution in [0.25, 0.3) is 11.6 Å². The second-order valence-corrected chi connectivity index (χ2v) is 13.9. The third-order valence-electron chi connectivity index (χ3n) is 9.13. The molecule has 250 valence electrons. The molecule has 5 atom stereocenters. The van der Waals surface area contributed by atoms with Crippen LogP contribution in [0.5, 0.6) is 5.75 Å². The molecule has 0 saturated heterocycles. The molecule has 3 amide bonds. The number of rotatable bonds is 5. The summed E-state index contributed by atoms with van der Waals surface area (Å²) >= 11 is 0. The molecule has 4 aromatic rings. The monoisotopic (exact) mass is 658 g/mol. The molecular weight excluding hydrogens is 623 g/mol. The minimum Gasteiger partial charge on any atom is -0.469 e. The third-order valence-corrected chi connectivity index (χ3v) is 9.13. The highest BCUT2D eigenvalue weighted by molar-refractivity contribution is 5.91. The molecule has 5 heterocycles. The number of aromatic nitrogens is 2. The Labute approximate surface area is 274 Å². The lowest BCUT2D eigenvalue weighted by Crippen LogP contribution is -2.53. The number of carbonyl (C=O) groups is 3. The van der Waals surface area contributed by atoms with Gasteiger partial charge < -0.3 is 40.4 Å². The van der Waals surface area contributed by atoms with Crippen molar-refractivity contribution >= 4 is 23.4 Å². The average Bonchev–Trinajstić information content (AvgIpc) is 3.79. The fourth-order valence-electron chi connectivity index (χ4n) is 6.63. The van der Waals surface area contributed by atoms with E-state index in [9.17, 15) is 19.5 Å². The number of hydrogen-bond acceptors (Lipinski definition) is 10. The van der Waals surface area contributed by atoms with E-state index in [1.54, 1.807) is 32.0 Å². The fraction of sp³-hybridized carbons (Fsp3) is 0.382. The van der Waals surface area contributed by atoms with Crippen molar-refractivity contribution in [2.75, 3.05) is 5.32 Å². The lowest BCUT2D eigenvalue weighted by atomic mass is 9.72. The van der Waals surface area contributed by atoms with Crippen molar-refractivity contribution in [3.63, 3.8) is 0 Å². The summed E-state index contributed by atoms with van der Waals surface area (Å²) in [6, 6.07) is 7.69. The predicted molar refractivity (Wildman–Crippen MR) is 168 cm³/mol. The first-order valence-electron chi connectivity index (χ1n) is 15.6. The molecule has 13 nitrogen and oxygen atoms in total. The lowest BCUT2D eigenvalue weighted by Gasteiger charge is -2.32. The number of aliphatic hydroxyl groups excluding tert-OH is 1. The van der Waals surface area contributed by atoms with E-state index < -0.39 is 58.8 Å². The Morgan fingerprint density at radius 3 is 2.58 bits per heavy atom. The number of nitrogens with one attached hydrogen (secondary N) is 3. The Hall–Kier alpha value is -5.24. The quantitative estimate of drug-likeness (QED) is 0.212. The number of nitrogens with two attached hydrogens (primary N) is 1. The Morgan fingerprint density at radius 2 is 1.90 bits per heavy atom. The molecule has 3 aliphatic heterocycles. The average molecular weight is 659 g/mol. The van der Waals surface area contributed by atoms with Gasteiger partial charge in [0.1, 0.15) is 41.4 Å². The second kappa shape index (κ2) is 10.9. The number of fused-ring (bicyclic) bond motifs is 4. The number of benzene rings is 2. The van der Waals surface area contributed by atoms with Gasteiger partial charge in [0.05, 0.1) is 0 Å². The van der Waals surface area contributed by atoms with E-state index in [-0.39, 0.29) is 41.3 Å². The van der Waals surface area contributed by atoms with Crippen molar-refractivity contribution in [1.29, 1.82) is 0 Å². The lowest BCUT2D eigenvalue weighted by molar-refractivity contribution is -0.136. The standard InChI is InChI=1S/C34H35FN6O7/c1-14(2)24(42)29(45)37-20-11-15-6-9-22-18(10-15)34(17-12-16(35)7-8-19(17)39-32(34)47-22)26-23(30-38-21(13-46-30)27(36)43)40-31(48-26)25(33(3,4)5)41-28(20)44/h6-10,12-14,20,24-25,32,39,42H,11H2,1-5H3,(H2,36,43)(H,37,45)(H,41,44). The summed E-state index contributed by atoms with van der Waals surface area (Å²) in [6.07, 6.45) is -1.02. The second-order valence-electron chi connectivity index (χ2n) is 13.9. The molecule has 6 N–H and O–H groups in total. The van der Waals surface area contributed by atoms with Crippen LogP contribution in [0.1, 0.15) is 79.5 Å². The number of anilines is 1. The molecular formula is C34H35FN6O7. The predicted octanol–water partition coefficient (Wildman–Crippen LogP) is 3.31. The minimum absolute atomic E-state index is 0.0532. The minimum atomic E-state index is -1.36. The molecule has 4 bridgehead atoms. The van der Waals surface area contributed by atoms with Gasteiger partial charge in [0.25, 0.3) is 5.91 Å². The molecule has 7 rings (SSSR count). The van der Waals surface area contributed by atoms with E-state index >= 15 is 4.39 Å². The number of primary amides is 1. The number of nitrogens with zero attached hydrogens (tertiary/aromatic N) is 2. The van der Waals surface area contributed by atoms with Gasteiger partial charge in [-0.1, -0.05) is 46.8 Å². The molecule has 1 spiro atoms. The molecule has 2 aromatic carbocycles. The third kappa shape index (κ3) is 4.81. The van der Waals surface area contributed by atoms with E-state index in [1.165, 1.54) is 12.1 Å². The van der Waals surface area contributed by atoms with Crippen LogP contribution >= 0.6 is 0 Å². The van der Waals surface area contributed by atoms with Crippen LogP contribution in [-0.4, -0.2) is 51.2 Å². The zero-order chi connectivity index (χ0) is 34.3. The zero-order valence-electron chi connectivity index (χ0n) is 26.9. The van der Waals surface area contributed by atoms with Gasteiger partial charge in [0.15, 0.2) is 23.4 Å². The van der Waals surface area contributed by atoms with Crippen LogP contribution in [0.15, 0.2) is 51.5 Å². The maximum atomic E-state index is 15.1. The summed E-state index contributed by atoms with van der Waals surface area (Å²) in [4.78, 5) is 48.3. The molecule has 48 heavy (non-hydrogen) atoms. The normalized spacial score (nSPS) is 23.2. The van der Waals surface area contributed by atoms with Crippen LogP contribution < -0.4 is 26.4 Å². The first-order valence-corrected chi connectivity index (χ1v) is 15.6. The molecule has 14 heteroatoms. The number of oxazole rings is 2. The van der Waals surface area contributed by atoms with Crippen molar-refractivity contribution in [2.45, 2.75) is 70.9 Å². The van der Waals surface area contributed by atoms with Crippen LogP contribution in [-0.2, 0) is 21.4 Å². The fourth-order valence-corrected chi connectivity index (χ4v) is 6.63. The van der Waals surface area contributed by atoms with Gasteiger partial charge in [-0.15, -0.1) is 0 Å². The number of aliphatic hydroxyl groups is 1. The number of halogens is 1. The SMILES string of the molecule is CC(C)C(O)C(=O)NC1Cc2ccc3c(c2)C2(c4cc(F)ccc4NC2O3)c2oc(nc2-c2nc(C(N)=O)co2)C(C(C)(C)C)NC1=O. The summed E-state index contributed by atoms with van der Waals surface area (Å²) in [6.45, 7) is 9.03. The first-order chi connectivity index (χ1) is 22.7. The Bertz CT molecular complexity index is 1980. The van der Waals surface area contributed by atoms with Crippen molar-refractivity contribution in [3.8, 4) is 17.3 Å². The summed E-state index contributed by atoms with van der Waals surface area (Å²) in [5, 5.41) is 19.6. The zero-order valence-corrected chi connectivity index (χ0v) is 26.9. The van der Waals surface area contributed by atoms with Crippen molar-refractivity contribution in [3.05, 3.63) is 82.5 Å². The van der Waals surface area contributed by atoms with Gasteiger partial charge in [-0.25, -0.2) is 14.4 Å². The number of carbonyl (C=O) groups excluding carboxylic acids is 3. The molecule has 0 aliphatic carbocycles. The van der Waals surface area contributed by atoms with Crippen molar-refractivity contribution < 1.29 is 37.5 Å². The number of ether oxygens (including phenoxy) is 1. The van der Waals surface area contributed by atoms with Crippen LogP contribution in [0.2, 0.25) is 0 Å². The van der Waals surface area contributed by atoms with E-state index in [4.69, 9.17) is 24.3 Å². The Balaban J connectivity index is 1.51. The largest absolute Gasteiger partial charge is 0.469 e. The number of hydrogen-bond donors (Lipinski definition) is 5. The van der Waals surface area contributed by atoms with Gasteiger partial charge in [0, 0.05) is 23.2 Å². The van der Waals surface area contributed by atoms with Gasteiger partial charge in [-0.2, -0.15) is 0 Å².